The summed E-state index contributed by atoms with van der Waals surface area (Å²) in [6.07, 6.45) is 7.33. The first-order chi connectivity index (χ1) is 9.18. The fourth-order valence-corrected chi connectivity index (χ4v) is 3.61. The highest BCUT2D eigenvalue weighted by Crippen LogP contribution is 2.36. The van der Waals surface area contributed by atoms with Crippen LogP contribution < -0.4 is 5.73 Å². The molecule has 0 aromatic carbocycles. The number of nitrogens with one attached hydrogen (secondary N) is 1. The Hall–Kier alpha value is -1.52. The van der Waals surface area contributed by atoms with Crippen LogP contribution in [0.3, 0.4) is 0 Å². The SMILES string of the molecule is Cc1[nH]nc(C(=O)N2CCCC3CCCCC32)c1N. The summed E-state index contributed by atoms with van der Waals surface area (Å²) in [4.78, 5) is 14.7. The third kappa shape index (κ3) is 2.11. The molecule has 5 heteroatoms. The second kappa shape index (κ2) is 4.87. The van der Waals surface area contributed by atoms with Gasteiger partial charge in [-0.1, -0.05) is 12.8 Å². The molecular formula is C14H22N4O. The molecule has 2 aliphatic rings. The van der Waals surface area contributed by atoms with Crippen molar-refractivity contribution in [1.82, 2.24) is 15.1 Å². The zero-order valence-corrected chi connectivity index (χ0v) is 11.5. The van der Waals surface area contributed by atoms with Gasteiger partial charge in [0, 0.05) is 12.6 Å². The molecule has 3 rings (SSSR count). The number of carbonyl (C=O) groups is 1. The van der Waals surface area contributed by atoms with Crippen LogP contribution in [0.4, 0.5) is 5.69 Å². The highest BCUT2D eigenvalue weighted by Gasteiger charge is 2.37. The number of fused-ring (bicyclic) bond motifs is 1. The molecule has 104 valence electrons. The molecule has 1 saturated carbocycles. The molecule has 1 aromatic rings. The second-order valence-corrected chi connectivity index (χ2v) is 5.86. The fraction of sp³-hybridized carbons (Fsp3) is 0.714. The zero-order valence-electron chi connectivity index (χ0n) is 11.5. The van der Waals surface area contributed by atoms with E-state index in [-0.39, 0.29) is 5.91 Å². The third-order valence-electron chi connectivity index (χ3n) is 4.70. The van der Waals surface area contributed by atoms with Gasteiger partial charge in [-0.05, 0) is 38.5 Å². The number of H-pyrrole nitrogens is 1. The Balaban J connectivity index is 1.84. The first kappa shape index (κ1) is 12.5. The number of nitrogens with zero attached hydrogens (tertiary/aromatic N) is 2. The summed E-state index contributed by atoms with van der Waals surface area (Å²) in [5.74, 6) is 0.700. The lowest BCUT2D eigenvalue weighted by Gasteiger charge is -2.43. The van der Waals surface area contributed by atoms with E-state index in [0.29, 0.717) is 23.3 Å². The largest absolute Gasteiger partial charge is 0.395 e. The van der Waals surface area contributed by atoms with Crippen molar-refractivity contribution >= 4 is 11.6 Å². The number of amides is 1. The fourth-order valence-electron chi connectivity index (χ4n) is 3.61. The molecule has 0 radical (unpaired) electrons. The first-order valence-electron chi connectivity index (χ1n) is 7.30. The molecule has 2 heterocycles. The summed E-state index contributed by atoms with van der Waals surface area (Å²) in [6.45, 7) is 2.70. The van der Waals surface area contributed by atoms with Crippen LogP contribution >= 0.6 is 0 Å². The second-order valence-electron chi connectivity index (χ2n) is 5.86. The number of piperidine rings is 1. The van der Waals surface area contributed by atoms with Crippen molar-refractivity contribution in [3.8, 4) is 0 Å². The van der Waals surface area contributed by atoms with Crippen LogP contribution in [0.1, 0.15) is 54.7 Å². The summed E-state index contributed by atoms with van der Waals surface area (Å²) in [6, 6.07) is 0.409. The molecule has 2 atom stereocenters. The Kier molecular flexibility index (Phi) is 3.21. The minimum atomic E-state index is 0.0125. The van der Waals surface area contributed by atoms with E-state index >= 15 is 0 Å². The maximum Gasteiger partial charge on any atom is 0.276 e. The third-order valence-corrected chi connectivity index (χ3v) is 4.70. The van der Waals surface area contributed by atoms with Gasteiger partial charge in [0.15, 0.2) is 5.69 Å². The van der Waals surface area contributed by atoms with Crippen LogP contribution in [0.5, 0.6) is 0 Å². The van der Waals surface area contributed by atoms with Gasteiger partial charge >= 0.3 is 0 Å². The average molecular weight is 262 g/mol. The molecule has 1 aromatic heterocycles. The van der Waals surface area contributed by atoms with Crippen LogP contribution in [-0.4, -0.2) is 33.6 Å². The maximum atomic E-state index is 12.7. The molecule has 19 heavy (non-hydrogen) atoms. The molecule has 2 fully saturated rings. The summed E-state index contributed by atoms with van der Waals surface area (Å²) >= 11 is 0. The number of carbonyl (C=O) groups excluding carboxylic acids is 1. The van der Waals surface area contributed by atoms with E-state index in [1.165, 1.54) is 25.7 Å². The van der Waals surface area contributed by atoms with E-state index in [4.69, 9.17) is 5.73 Å². The molecule has 1 amide bonds. The molecule has 3 N–H and O–H groups in total. The van der Waals surface area contributed by atoms with Gasteiger partial charge in [-0.2, -0.15) is 5.10 Å². The van der Waals surface area contributed by atoms with Gasteiger partial charge in [-0.25, -0.2) is 0 Å². The van der Waals surface area contributed by atoms with Crippen LogP contribution in [0, 0.1) is 12.8 Å². The lowest BCUT2D eigenvalue weighted by Crippen LogP contribution is -2.49. The van der Waals surface area contributed by atoms with Crippen LogP contribution in [0.15, 0.2) is 0 Å². The molecule has 5 nitrogen and oxygen atoms in total. The van der Waals surface area contributed by atoms with E-state index in [9.17, 15) is 4.79 Å². The summed E-state index contributed by atoms with van der Waals surface area (Å²) in [5, 5.41) is 6.89. The van der Waals surface area contributed by atoms with Crippen molar-refractivity contribution in [2.24, 2.45) is 5.92 Å². The predicted octanol–water partition coefficient (Wildman–Crippen LogP) is 2.10. The van der Waals surface area contributed by atoms with E-state index in [0.717, 1.165) is 25.1 Å². The highest BCUT2D eigenvalue weighted by molar-refractivity contribution is 5.97. The molecule has 1 saturated heterocycles. The normalized spacial score (nSPS) is 27.1. The molecular weight excluding hydrogens is 240 g/mol. The number of nitrogen functional groups attached to an aromatic ring is 1. The van der Waals surface area contributed by atoms with E-state index in [2.05, 4.69) is 10.2 Å². The van der Waals surface area contributed by atoms with Crippen molar-refractivity contribution in [2.75, 3.05) is 12.3 Å². The van der Waals surface area contributed by atoms with Gasteiger partial charge < -0.3 is 10.6 Å². The number of likely N-dealkylation sites (tertiary alicyclic amines) is 1. The molecule has 1 aliphatic heterocycles. The predicted molar refractivity (Wildman–Crippen MR) is 73.8 cm³/mol. The number of hydrogen-bond donors (Lipinski definition) is 2. The molecule has 2 unspecified atom stereocenters. The lowest BCUT2D eigenvalue weighted by atomic mass is 9.78. The van der Waals surface area contributed by atoms with E-state index in [1.807, 2.05) is 11.8 Å². The summed E-state index contributed by atoms with van der Waals surface area (Å²) in [7, 11) is 0. The van der Waals surface area contributed by atoms with Crippen molar-refractivity contribution in [3.05, 3.63) is 11.4 Å². The Morgan fingerprint density at radius 1 is 1.32 bits per heavy atom. The number of aromatic amines is 1. The quantitative estimate of drug-likeness (QED) is 0.813. The van der Waals surface area contributed by atoms with Gasteiger partial charge in [-0.3, -0.25) is 9.89 Å². The molecule has 1 aliphatic carbocycles. The van der Waals surface area contributed by atoms with Gasteiger partial charge in [0.2, 0.25) is 0 Å². The minimum absolute atomic E-state index is 0.0125. The van der Waals surface area contributed by atoms with Crippen LogP contribution in [0.2, 0.25) is 0 Å². The van der Waals surface area contributed by atoms with E-state index < -0.39 is 0 Å². The summed E-state index contributed by atoms with van der Waals surface area (Å²) in [5.41, 5.74) is 7.62. The van der Waals surface area contributed by atoms with Crippen LogP contribution in [0.25, 0.3) is 0 Å². The monoisotopic (exact) mass is 262 g/mol. The highest BCUT2D eigenvalue weighted by atomic mass is 16.2. The number of aromatic nitrogens is 2. The minimum Gasteiger partial charge on any atom is -0.395 e. The van der Waals surface area contributed by atoms with Crippen molar-refractivity contribution in [3.63, 3.8) is 0 Å². The van der Waals surface area contributed by atoms with Gasteiger partial charge in [-0.15, -0.1) is 0 Å². The molecule has 0 bridgehead atoms. The number of anilines is 1. The average Bonchev–Trinajstić information content (AvgIpc) is 2.78. The number of nitrogens with two attached hydrogens (primary N) is 1. The summed E-state index contributed by atoms with van der Waals surface area (Å²) < 4.78 is 0. The number of rotatable bonds is 1. The maximum absolute atomic E-state index is 12.7. The Bertz CT molecular complexity index is 480. The Morgan fingerprint density at radius 3 is 2.79 bits per heavy atom. The lowest BCUT2D eigenvalue weighted by molar-refractivity contribution is 0.0386. The number of hydrogen-bond acceptors (Lipinski definition) is 3. The van der Waals surface area contributed by atoms with Crippen LogP contribution in [-0.2, 0) is 0 Å². The number of aryl methyl sites for hydroxylation is 1. The zero-order chi connectivity index (χ0) is 13.4. The molecule has 0 spiro atoms. The topological polar surface area (TPSA) is 75.0 Å². The van der Waals surface area contributed by atoms with Gasteiger partial charge in [0.25, 0.3) is 5.91 Å². The van der Waals surface area contributed by atoms with Gasteiger partial charge in [0.05, 0.1) is 11.4 Å². The standard InChI is InChI=1S/C14H22N4O/c1-9-12(15)13(17-16-9)14(19)18-8-4-6-10-5-2-3-7-11(10)18/h10-11H,2-8,15H2,1H3,(H,16,17). The smallest absolute Gasteiger partial charge is 0.276 e. The first-order valence-corrected chi connectivity index (χ1v) is 7.30. The van der Waals surface area contributed by atoms with Crippen molar-refractivity contribution in [1.29, 1.82) is 0 Å². The van der Waals surface area contributed by atoms with Crippen molar-refractivity contribution in [2.45, 2.75) is 51.5 Å². The van der Waals surface area contributed by atoms with Crippen molar-refractivity contribution < 1.29 is 4.79 Å². The van der Waals surface area contributed by atoms with Gasteiger partial charge in [0.1, 0.15) is 0 Å². The Morgan fingerprint density at radius 2 is 2.05 bits per heavy atom. The van der Waals surface area contributed by atoms with E-state index in [1.54, 1.807) is 0 Å². The Labute approximate surface area is 113 Å².